The Morgan fingerprint density at radius 1 is 1.42 bits per heavy atom. The van der Waals surface area contributed by atoms with Gasteiger partial charge < -0.3 is 5.11 Å². The largest absolute Gasteiger partial charge is 1.00 e. The maximum Gasteiger partial charge on any atom is 1.00 e. The maximum atomic E-state index is 11.3. The fraction of sp³-hybridized carbons (Fsp3) is 0.273. The van der Waals surface area contributed by atoms with Gasteiger partial charge in [0.15, 0.2) is 0 Å². The van der Waals surface area contributed by atoms with Crippen molar-refractivity contribution in [3.8, 4) is 0 Å². The SMILES string of the molecule is CC(=O)CC([O-])=Nc1cc(C)ccc1S(=O)(=O)O.[K+]. The van der Waals surface area contributed by atoms with Crippen molar-refractivity contribution in [2.75, 3.05) is 0 Å². The number of hydrogen-bond acceptors (Lipinski definition) is 5. The van der Waals surface area contributed by atoms with Crippen LogP contribution in [0, 0.1) is 6.92 Å². The van der Waals surface area contributed by atoms with E-state index in [2.05, 4.69) is 4.99 Å². The van der Waals surface area contributed by atoms with E-state index < -0.39 is 27.3 Å². The van der Waals surface area contributed by atoms with Crippen LogP contribution in [0.5, 0.6) is 0 Å². The Morgan fingerprint density at radius 2 is 2.00 bits per heavy atom. The van der Waals surface area contributed by atoms with Crippen molar-refractivity contribution in [2.45, 2.75) is 25.2 Å². The van der Waals surface area contributed by atoms with Gasteiger partial charge in [-0.2, -0.15) is 8.42 Å². The number of ketones is 1. The van der Waals surface area contributed by atoms with Gasteiger partial charge in [-0.1, -0.05) is 6.07 Å². The van der Waals surface area contributed by atoms with Crippen LogP contribution in [0.25, 0.3) is 0 Å². The van der Waals surface area contributed by atoms with E-state index in [0.29, 0.717) is 5.56 Å². The van der Waals surface area contributed by atoms with Crippen molar-refractivity contribution < 1.29 is 74.3 Å². The summed E-state index contributed by atoms with van der Waals surface area (Å²) in [5.74, 6) is -1.12. The Kier molecular flexibility index (Phi) is 7.59. The third kappa shape index (κ3) is 6.26. The number of aryl methyl sites for hydroxylation is 1. The topological polar surface area (TPSA) is 107 Å². The molecule has 0 radical (unpaired) electrons. The van der Waals surface area contributed by atoms with Crippen molar-refractivity contribution >= 4 is 27.5 Å². The second kappa shape index (κ2) is 7.63. The number of hydrogen-bond donors (Lipinski definition) is 1. The van der Waals surface area contributed by atoms with Crippen molar-refractivity contribution in [2.24, 2.45) is 4.99 Å². The van der Waals surface area contributed by atoms with Gasteiger partial charge >= 0.3 is 51.4 Å². The second-order valence-electron chi connectivity index (χ2n) is 3.83. The van der Waals surface area contributed by atoms with Gasteiger partial charge in [0, 0.05) is 6.42 Å². The molecule has 0 unspecified atom stereocenters. The number of nitrogens with zero attached hydrogens (tertiary/aromatic N) is 1. The first-order chi connectivity index (χ1) is 8.20. The molecule has 0 spiro atoms. The summed E-state index contributed by atoms with van der Waals surface area (Å²) in [6.45, 7) is 2.91. The first-order valence-electron chi connectivity index (χ1n) is 5.02. The number of rotatable bonds is 4. The monoisotopic (exact) mass is 309 g/mol. The van der Waals surface area contributed by atoms with Crippen molar-refractivity contribution in [3.05, 3.63) is 23.8 Å². The van der Waals surface area contributed by atoms with Crippen LogP contribution in [0.2, 0.25) is 0 Å². The molecule has 0 aromatic heterocycles. The van der Waals surface area contributed by atoms with E-state index in [1.165, 1.54) is 19.1 Å². The van der Waals surface area contributed by atoms with Crippen molar-refractivity contribution in [1.29, 1.82) is 0 Å². The zero-order valence-corrected chi connectivity index (χ0v) is 14.8. The molecule has 0 fully saturated rings. The molecule has 0 aliphatic rings. The van der Waals surface area contributed by atoms with E-state index in [1.54, 1.807) is 6.92 Å². The third-order valence-corrected chi connectivity index (χ3v) is 2.94. The molecular weight excluding hydrogens is 297 g/mol. The van der Waals surface area contributed by atoms with Crippen LogP contribution in [-0.4, -0.2) is 24.7 Å². The van der Waals surface area contributed by atoms with Crippen LogP contribution >= 0.6 is 0 Å². The van der Waals surface area contributed by atoms with Crippen LogP contribution in [0.1, 0.15) is 18.9 Å². The Labute approximate surface area is 154 Å². The summed E-state index contributed by atoms with van der Waals surface area (Å²) < 4.78 is 31.2. The molecular formula is C11H12KNO5S. The minimum atomic E-state index is -4.46. The predicted molar refractivity (Wildman–Crippen MR) is 63.4 cm³/mol. The van der Waals surface area contributed by atoms with Gasteiger partial charge in [0.1, 0.15) is 10.7 Å². The Morgan fingerprint density at radius 3 is 2.47 bits per heavy atom. The Bertz CT molecular complexity index is 610. The number of Topliss-reactive ketones (excluding diaryl/α,β-unsaturated/α-hetero) is 1. The first-order valence-corrected chi connectivity index (χ1v) is 6.46. The van der Waals surface area contributed by atoms with Gasteiger partial charge in [-0.05, 0) is 37.4 Å². The van der Waals surface area contributed by atoms with Gasteiger partial charge in [0.25, 0.3) is 10.1 Å². The van der Waals surface area contributed by atoms with E-state index >= 15 is 0 Å². The zero-order chi connectivity index (χ0) is 13.9. The summed E-state index contributed by atoms with van der Waals surface area (Å²) in [4.78, 5) is 13.8. The Balaban J connectivity index is 0.00000324. The maximum absolute atomic E-state index is 11.3. The van der Waals surface area contributed by atoms with Crippen LogP contribution in [0.15, 0.2) is 28.1 Å². The molecule has 0 atom stereocenters. The summed E-state index contributed by atoms with van der Waals surface area (Å²) in [7, 11) is -4.46. The minimum Gasteiger partial charge on any atom is -0.861 e. The van der Waals surface area contributed by atoms with Crippen LogP contribution in [-0.2, 0) is 14.9 Å². The quantitative estimate of drug-likeness (QED) is 0.289. The first kappa shape index (κ1) is 18.9. The fourth-order valence-electron chi connectivity index (χ4n) is 1.32. The van der Waals surface area contributed by atoms with Gasteiger partial charge in [0.2, 0.25) is 0 Å². The molecule has 0 heterocycles. The summed E-state index contributed by atoms with van der Waals surface area (Å²) in [6, 6.07) is 3.98. The summed E-state index contributed by atoms with van der Waals surface area (Å²) in [5, 5.41) is 11.3. The van der Waals surface area contributed by atoms with Crippen molar-refractivity contribution in [3.63, 3.8) is 0 Å². The van der Waals surface area contributed by atoms with Crippen LogP contribution in [0.4, 0.5) is 5.69 Å². The molecule has 98 valence electrons. The number of carbonyl (C=O) groups is 1. The molecule has 0 saturated carbocycles. The van der Waals surface area contributed by atoms with Gasteiger partial charge in [-0.25, -0.2) is 0 Å². The van der Waals surface area contributed by atoms with Gasteiger partial charge in [0.05, 0.1) is 5.69 Å². The van der Waals surface area contributed by atoms with E-state index in [9.17, 15) is 18.3 Å². The molecule has 1 N–H and O–H groups in total. The van der Waals surface area contributed by atoms with Crippen molar-refractivity contribution in [1.82, 2.24) is 0 Å². The molecule has 8 heteroatoms. The molecule has 1 aromatic rings. The molecule has 1 rings (SSSR count). The molecule has 0 bridgehead atoms. The molecule has 0 aliphatic heterocycles. The minimum absolute atomic E-state index is 0. The predicted octanol–water partition coefficient (Wildman–Crippen LogP) is -2.38. The molecule has 6 nitrogen and oxygen atoms in total. The normalized spacial score (nSPS) is 11.8. The number of aliphatic imine (C=N–C) groups is 1. The Hall–Kier alpha value is -0.0936. The fourth-order valence-corrected chi connectivity index (χ4v) is 1.93. The van der Waals surface area contributed by atoms with Gasteiger partial charge in [-0.15, -0.1) is 0 Å². The third-order valence-electron chi connectivity index (χ3n) is 2.04. The molecule has 0 saturated heterocycles. The molecule has 0 aliphatic carbocycles. The van der Waals surface area contributed by atoms with Crippen LogP contribution < -0.4 is 56.5 Å². The second-order valence-corrected chi connectivity index (χ2v) is 5.22. The molecule has 1 aromatic carbocycles. The zero-order valence-electron chi connectivity index (χ0n) is 10.9. The van der Waals surface area contributed by atoms with Gasteiger partial charge in [-0.3, -0.25) is 14.3 Å². The molecule has 19 heavy (non-hydrogen) atoms. The average Bonchev–Trinajstić information content (AvgIpc) is 2.13. The summed E-state index contributed by atoms with van der Waals surface area (Å²) >= 11 is 0. The smallest absolute Gasteiger partial charge is 0.861 e. The average molecular weight is 309 g/mol. The van der Waals surface area contributed by atoms with Crippen LogP contribution in [0.3, 0.4) is 0 Å². The summed E-state index contributed by atoms with van der Waals surface area (Å²) in [5.41, 5.74) is 0.514. The standard InChI is InChI=1S/C11H13NO5S.K/c1-7-3-4-10(18(15,16)17)9(5-7)12-11(14)6-8(2)13;/h3-5H,6H2,1-2H3,(H,12,14)(H,15,16,17);/q;+1/p-1. The van der Waals surface area contributed by atoms with E-state index in [1.807, 2.05) is 0 Å². The van der Waals surface area contributed by atoms with E-state index in [0.717, 1.165) is 6.07 Å². The number of benzene rings is 1. The van der Waals surface area contributed by atoms with E-state index in [-0.39, 0.29) is 62.9 Å². The summed E-state index contributed by atoms with van der Waals surface area (Å²) in [6.07, 6.45) is -0.404. The number of carbonyl (C=O) groups excluding carboxylic acids is 1. The van der Waals surface area contributed by atoms with E-state index in [4.69, 9.17) is 4.55 Å². The molecule has 0 amide bonds.